The molecule has 5 unspecified atom stereocenters. The number of rotatable bonds is 1. The molecule has 0 spiro atoms. The molecule has 3 fully saturated rings. The van der Waals surface area contributed by atoms with Crippen molar-refractivity contribution in [3.05, 3.63) is 0 Å². The summed E-state index contributed by atoms with van der Waals surface area (Å²) in [6.07, 6.45) is 4.99. The van der Waals surface area contributed by atoms with Gasteiger partial charge in [0.05, 0.1) is 0 Å². The molecule has 0 aromatic heterocycles. The summed E-state index contributed by atoms with van der Waals surface area (Å²) < 4.78 is 11.1. The minimum Gasteiger partial charge on any atom is -0.353 e. The molecule has 3 aliphatic rings. The Morgan fingerprint density at radius 3 is 2.92 bits per heavy atom. The van der Waals surface area contributed by atoms with Crippen LogP contribution in [-0.4, -0.2) is 48.1 Å². The molecule has 3 aliphatic heterocycles. The average molecular weight is 187 g/mol. The number of likely N-dealkylation sites (tertiary alicyclic amines) is 1. The van der Waals surface area contributed by atoms with E-state index >= 15 is 0 Å². The number of epoxide rings is 2. The van der Waals surface area contributed by atoms with E-state index < -0.39 is 0 Å². The van der Waals surface area contributed by atoms with Gasteiger partial charge >= 0.3 is 0 Å². The number of thioether (sulfide) groups is 1. The van der Waals surface area contributed by atoms with E-state index in [4.69, 9.17) is 9.47 Å². The van der Waals surface area contributed by atoms with Crippen LogP contribution in [-0.2, 0) is 9.47 Å². The minimum atomic E-state index is 0.347. The number of likely N-dealkylation sites (N-methyl/N-ethyl adjacent to an activating group) is 1. The number of hydrogen-bond acceptors (Lipinski definition) is 4. The van der Waals surface area contributed by atoms with E-state index in [0.29, 0.717) is 29.9 Å². The molecule has 3 saturated heterocycles. The Morgan fingerprint density at radius 2 is 2.17 bits per heavy atom. The van der Waals surface area contributed by atoms with Crippen molar-refractivity contribution in [2.45, 2.75) is 36.3 Å². The maximum absolute atomic E-state index is 5.60. The molecule has 0 aromatic rings. The highest BCUT2D eigenvalue weighted by molar-refractivity contribution is 7.99. The Kier molecular flexibility index (Phi) is 1.51. The Morgan fingerprint density at radius 1 is 1.33 bits per heavy atom. The van der Waals surface area contributed by atoms with Gasteiger partial charge in [0.2, 0.25) is 0 Å². The molecule has 3 heterocycles. The summed E-state index contributed by atoms with van der Waals surface area (Å²) in [7, 11) is 2.10. The van der Waals surface area contributed by atoms with E-state index in [-0.39, 0.29) is 0 Å². The molecule has 12 heavy (non-hydrogen) atoms. The van der Waals surface area contributed by atoms with E-state index in [2.05, 4.69) is 18.2 Å². The lowest BCUT2D eigenvalue weighted by molar-refractivity contribution is 0.144. The van der Waals surface area contributed by atoms with Gasteiger partial charge in [-0.2, -0.15) is 11.8 Å². The minimum absolute atomic E-state index is 0.347. The fourth-order valence-corrected chi connectivity index (χ4v) is 2.97. The molecule has 0 N–H and O–H groups in total. The van der Waals surface area contributed by atoms with Gasteiger partial charge in [0.15, 0.2) is 0 Å². The molecule has 0 bridgehead atoms. The zero-order valence-corrected chi connectivity index (χ0v) is 8.08. The molecule has 0 radical (unpaired) electrons. The van der Waals surface area contributed by atoms with Gasteiger partial charge in [0.25, 0.3) is 0 Å². The Labute approximate surface area is 76.4 Å². The van der Waals surface area contributed by atoms with Crippen LogP contribution in [0.4, 0.5) is 0 Å². The Hall–Kier alpha value is 0.230. The van der Waals surface area contributed by atoms with Crippen LogP contribution in [0.5, 0.6) is 0 Å². The van der Waals surface area contributed by atoms with Crippen molar-refractivity contribution in [3.63, 3.8) is 0 Å². The fraction of sp³-hybridized carbons (Fsp3) is 1.00. The summed E-state index contributed by atoms with van der Waals surface area (Å²) >= 11 is 1.91. The largest absolute Gasteiger partial charge is 0.353 e. The zero-order valence-electron chi connectivity index (χ0n) is 7.27. The standard InChI is InChI=1S/C8H13NO2S/c1-9-7-4(10-7)3-5(12-2)6-8(9)11-6/h4-8H,3H2,1-2H3. The lowest BCUT2D eigenvalue weighted by Crippen LogP contribution is -2.27. The van der Waals surface area contributed by atoms with Crippen molar-refractivity contribution < 1.29 is 9.47 Å². The summed E-state index contributed by atoms with van der Waals surface area (Å²) in [4.78, 5) is 2.23. The molecule has 4 heteroatoms. The van der Waals surface area contributed by atoms with Gasteiger partial charge in [-0.15, -0.1) is 0 Å². The lowest BCUT2D eigenvalue weighted by atomic mass is 10.2. The van der Waals surface area contributed by atoms with Crippen LogP contribution < -0.4 is 0 Å². The van der Waals surface area contributed by atoms with Gasteiger partial charge in [0.1, 0.15) is 24.7 Å². The molecule has 3 nitrogen and oxygen atoms in total. The predicted octanol–water partition coefficient (Wildman–Crippen LogP) is 0.503. The third-order valence-electron chi connectivity index (χ3n) is 2.99. The first kappa shape index (κ1) is 7.62. The highest BCUT2D eigenvalue weighted by atomic mass is 32.2. The van der Waals surface area contributed by atoms with Gasteiger partial charge in [0, 0.05) is 5.25 Å². The van der Waals surface area contributed by atoms with Crippen molar-refractivity contribution >= 4 is 11.8 Å². The molecule has 0 aliphatic carbocycles. The molecule has 3 rings (SSSR count). The summed E-state index contributed by atoms with van der Waals surface area (Å²) in [6.45, 7) is 0. The van der Waals surface area contributed by atoms with Crippen LogP contribution in [0.2, 0.25) is 0 Å². The van der Waals surface area contributed by atoms with Gasteiger partial charge in [-0.3, -0.25) is 4.90 Å². The number of hydrogen-bond donors (Lipinski definition) is 0. The first-order chi connectivity index (χ1) is 5.81. The Bertz CT molecular complexity index is 211. The first-order valence-corrected chi connectivity index (χ1v) is 5.65. The molecule has 0 saturated carbocycles. The third kappa shape index (κ3) is 0.954. The number of ether oxygens (including phenoxy) is 2. The predicted molar refractivity (Wildman–Crippen MR) is 47.0 cm³/mol. The lowest BCUT2D eigenvalue weighted by Gasteiger charge is -2.09. The molecule has 0 aromatic carbocycles. The van der Waals surface area contributed by atoms with Crippen molar-refractivity contribution in [3.8, 4) is 0 Å². The van der Waals surface area contributed by atoms with Crippen LogP contribution in [0.1, 0.15) is 6.42 Å². The quantitative estimate of drug-likeness (QED) is 0.559. The van der Waals surface area contributed by atoms with Crippen LogP contribution >= 0.6 is 11.8 Å². The molecule has 0 amide bonds. The van der Waals surface area contributed by atoms with E-state index in [1.54, 1.807) is 0 Å². The zero-order chi connectivity index (χ0) is 8.29. The maximum atomic E-state index is 5.60. The summed E-state index contributed by atoms with van der Waals surface area (Å²) in [5.41, 5.74) is 0. The maximum Gasteiger partial charge on any atom is 0.140 e. The normalized spacial score (nSPS) is 57.0. The van der Waals surface area contributed by atoms with Crippen LogP contribution in [0, 0.1) is 0 Å². The summed E-state index contributed by atoms with van der Waals surface area (Å²) in [6, 6.07) is 0. The van der Waals surface area contributed by atoms with Gasteiger partial charge < -0.3 is 9.47 Å². The van der Waals surface area contributed by atoms with Gasteiger partial charge in [-0.1, -0.05) is 0 Å². The number of nitrogens with zero attached hydrogens (tertiary/aromatic N) is 1. The van der Waals surface area contributed by atoms with Crippen molar-refractivity contribution in [2.24, 2.45) is 0 Å². The molecule has 68 valence electrons. The van der Waals surface area contributed by atoms with E-state index in [9.17, 15) is 0 Å². The van der Waals surface area contributed by atoms with Gasteiger partial charge in [-0.25, -0.2) is 0 Å². The Balaban J connectivity index is 1.78. The SMILES string of the molecule is CSC1CC2OC2N(C)C2OC12. The summed E-state index contributed by atoms with van der Waals surface area (Å²) in [5.74, 6) is 0. The highest BCUT2D eigenvalue weighted by Gasteiger charge is 2.59. The highest BCUT2D eigenvalue weighted by Crippen LogP contribution is 2.46. The van der Waals surface area contributed by atoms with Crippen molar-refractivity contribution in [1.82, 2.24) is 4.90 Å². The van der Waals surface area contributed by atoms with Gasteiger partial charge in [-0.05, 0) is 19.7 Å². The molecular formula is C8H13NO2S. The van der Waals surface area contributed by atoms with Crippen molar-refractivity contribution in [1.29, 1.82) is 0 Å². The van der Waals surface area contributed by atoms with Crippen LogP contribution in [0.15, 0.2) is 0 Å². The molecule has 5 atom stereocenters. The van der Waals surface area contributed by atoms with Crippen LogP contribution in [0.25, 0.3) is 0 Å². The summed E-state index contributed by atoms with van der Waals surface area (Å²) in [5, 5.41) is 0.648. The topological polar surface area (TPSA) is 28.3 Å². The van der Waals surface area contributed by atoms with Crippen molar-refractivity contribution in [2.75, 3.05) is 13.3 Å². The second kappa shape index (κ2) is 2.38. The first-order valence-electron chi connectivity index (χ1n) is 4.37. The molecular weight excluding hydrogens is 174 g/mol. The smallest absolute Gasteiger partial charge is 0.140 e. The second-order valence-electron chi connectivity index (χ2n) is 3.73. The average Bonchev–Trinajstić information content (AvgIpc) is 2.90. The van der Waals surface area contributed by atoms with E-state index in [0.717, 1.165) is 6.42 Å². The monoisotopic (exact) mass is 187 g/mol. The van der Waals surface area contributed by atoms with Crippen LogP contribution in [0.3, 0.4) is 0 Å². The second-order valence-corrected chi connectivity index (χ2v) is 4.81. The van der Waals surface area contributed by atoms with E-state index in [1.807, 2.05) is 11.8 Å². The third-order valence-corrected chi connectivity index (χ3v) is 4.06. The fourth-order valence-electron chi connectivity index (χ4n) is 2.12. The number of fused-ring (bicyclic) bond motifs is 2. The van der Waals surface area contributed by atoms with E-state index in [1.165, 1.54) is 0 Å².